The van der Waals surface area contributed by atoms with Crippen molar-refractivity contribution >= 4 is 27.3 Å². The Morgan fingerprint density at radius 1 is 1.50 bits per heavy atom. The van der Waals surface area contributed by atoms with Gasteiger partial charge in [0.1, 0.15) is 9.09 Å². The first-order valence-corrected chi connectivity index (χ1v) is 9.27. The summed E-state index contributed by atoms with van der Waals surface area (Å²) in [5.41, 5.74) is -0.191. The lowest BCUT2D eigenvalue weighted by molar-refractivity contribution is -0.137. The molecule has 136 valence electrons. The van der Waals surface area contributed by atoms with E-state index in [1.807, 2.05) is 0 Å². The predicted molar refractivity (Wildman–Crippen MR) is 79.5 cm³/mol. The van der Waals surface area contributed by atoms with Crippen LogP contribution in [0.3, 0.4) is 0 Å². The normalized spacial score (nSPS) is 18.1. The van der Waals surface area contributed by atoms with Crippen LogP contribution in [0.2, 0.25) is 0 Å². The third kappa shape index (κ3) is 4.68. The Morgan fingerprint density at radius 3 is 2.62 bits per heavy atom. The van der Waals surface area contributed by atoms with Gasteiger partial charge in [-0.05, 0) is 24.5 Å². The van der Waals surface area contributed by atoms with Crippen molar-refractivity contribution < 1.29 is 36.2 Å². The fraction of sp³-hybridized carbons (Fsp3) is 0.615. The number of aryl methyl sites for hydroxylation is 1. The molecule has 1 fully saturated rings. The first kappa shape index (κ1) is 19.2. The third-order valence-corrected chi connectivity index (χ3v) is 6.90. The number of carboxylic acids is 1. The van der Waals surface area contributed by atoms with Crippen LogP contribution in [0.25, 0.3) is 0 Å². The molecule has 0 aliphatic carbocycles. The number of likely N-dealkylation sites (N-methyl/N-ethyl adjacent to an activating group) is 1. The van der Waals surface area contributed by atoms with E-state index in [0.29, 0.717) is 6.61 Å². The zero-order valence-corrected chi connectivity index (χ0v) is 14.3. The van der Waals surface area contributed by atoms with Crippen molar-refractivity contribution in [3.63, 3.8) is 0 Å². The molecule has 0 saturated carbocycles. The first-order chi connectivity index (χ1) is 11.0. The smallest absolute Gasteiger partial charge is 0.425 e. The van der Waals surface area contributed by atoms with E-state index in [0.717, 1.165) is 10.4 Å². The van der Waals surface area contributed by atoms with E-state index < -0.39 is 31.3 Å². The Morgan fingerprint density at radius 2 is 2.12 bits per heavy atom. The minimum absolute atomic E-state index is 0.000385. The number of ether oxygens (including phenoxy) is 1. The maximum atomic E-state index is 13.1. The van der Waals surface area contributed by atoms with Crippen molar-refractivity contribution in [1.82, 2.24) is 4.31 Å². The molecule has 0 unspecified atom stereocenters. The predicted octanol–water partition coefficient (Wildman–Crippen LogP) is 2.19. The van der Waals surface area contributed by atoms with Gasteiger partial charge in [-0.15, -0.1) is 11.3 Å². The van der Waals surface area contributed by atoms with Crippen LogP contribution in [-0.2, 0) is 32.2 Å². The largest absolute Gasteiger partial charge is 0.481 e. The van der Waals surface area contributed by atoms with Gasteiger partial charge in [-0.25, -0.2) is 8.42 Å². The zero-order chi connectivity index (χ0) is 18.1. The van der Waals surface area contributed by atoms with E-state index in [-0.39, 0.29) is 48.8 Å². The number of hydrogen-bond acceptors (Lipinski definition) is 5. The number of halogens is 3. The van der Waals surface area contributed by atoms with E-state index >= 15 is 0 Å². The Bertz CT molecular complexity index is 710. The lowest BCUT2D eigenvalue weighted by atomic mass is 10.1. The van der Waals surface area contributed by atoms with Gasteiger partial charge in [0.2, 0.25) is 0 Å². The molecule has 1 saturated heterocycles. The number of aliphatic carboxylic acids is 1. The number of hydrogen-bond donors (Lipinski definition) is 1. The Hall–Kier alpha value is -1.17. The number of rotatable bonds is 8. The van der Waals surface area contributed by atoms with Crippen molar-refractivity contribution in [3.05, 3.63) is 16.5 Å². The van der Waals surface area contributed by atoms with Crippen LogP contribution >= 0.6 is 11.3 Å². The molecular weight excluding hydrogens is 371 g/mol. The van der Waals surface area contributed by atoms with E-state index in [1.165, 1.54) is 7.05 Å². The van der Waals surface area contributed by atoms with Gasteiger partial charge in [-0.2, -0.15) is 17.5 Å². The number of carbonyl (C=O) groups is 1. The van der Waals surface area contributed by atoms with Gasteiger partial charge in [0.25, 0.3) is 10.0 Å². The standard InChI is InChI=1S/C13H16F3NO5S2/c1-17(6-9-7-22-9)24(20,21)11-5-8(3-2-4-10(18)19)12(23-11)13(14,15)16/h5,9H,2-4,6-7H2,1H3,(H,18,19)/t9-/m0/s1. The van der Waals surface area contributed by atoms with Crippen LogP contribution in [0.5, 0.6) is 0 Å². The van der Waals surface area contributed by atoms with E-state index in [1.54, 1.807) is 0 Å². The van der Waals surface area contributed by atoms with Gasteiger partial charge in [0, 0.05) is 20.0 Å². The molecule has 2 rings (SSSR count). The highest BCUT2D eigenvalue weighted by Gasteiger charge is 2.39. The molecule has 1 aromatic rings. The number of carboxylic acid groups (broad SMARTS) is 1. The zero-order valence-electron chi connectivity index (χ0n) is 12.7. The minimum Gasteiger partial charge on any atom is -0.481 e. The molecule has 11 heteroatoms. The van der Waals surface area contributed by atoms with Gasteiger partial charge < -0.3 is 9.84 Å². The fourth-order valence-electron chi connectivity index (χ4n) is 2.10. The summed E-state index contributed by atoms with van der Waals surface area (Å²) in [6.07, 6.45) is -5.34. The second-order valence-corrected chi connectivity index (χ2v) is 8.73. The average molecular weight is 387 g/mol. The third-order valence-electron chi connectivity index (χ3n) is 3.41. The summed E-state index contributed by atoms with van der Waals surface area (Å²) in [7, 11) is -2.76. The Balaban J connectivity index is 2.26. The lowest BCUT2D eigenvalue weighted by Crippen LogP contribution is -2.30. The van der Waals surface area contributed by atoms with Gasteiger partial charge in [0.15, 0.2) is 0 Å². The maximum Gasteiger partial charge on any atom is 0.425 e. The van der Waals surface area contributed by atoms with Crippen LogP contribution in [-0.4, -0.2) is 50.1 Å². The average Bonchev–Trinajstić information content (AvgIpc) is 3.13. The van der Waals surface area contributed by atoms with Crippen molar-refractivity contribution in [2.45, 2.75) is 35.8 Å². The van der Waals surface area contributed by atoms with Crippen molar-refractivity contribution in [2.24, 2.45) is 0 Å². The van der Waals surface area contributed by atoms with Crippen LogP contribution in [0.15, 0.2) is 10.3 Å². The summed E-state index contributed by atoms with van der Waals surface area (Å²) in [6.45, 7) is 0.508. The highest BCUT2D eigenvalue weighted by molar-refractivity contribution is 7.91. The van der Waals surface area contributed by atoms with Crippen LogP contribution < -0.4 is 0 Å². The number of sulfonamides is 1. The molecule has 0 radical (unpaired) electrons. The Labute approximate surface area is 140 Å². The highest BCUT2D eigenvalue weighted by Crippen LogP contribution is 2.40. The van der Waals surface area contributed by atoms with Crippen molar-refractivity contribution in [2.75, 3.05) is 20.2 Å². The van der Waals surface area contributed by atoms with Gasteiger partial charge >= 0.3 is 12.1 Å². The SMILES string of the molecule is CN(C[C@H]1CO1)S(=O)(=O)c1cc(CCCC(=O)O)c(C(F)(F)F)s1. The summed E-state index contributed by atoms with van der Waals surface area (Å²) in [5.74, 6) is -1.12. The molecule has 0 spiro atoms. The highest BCUT2D eigenvalue weighted by atomic mass is 32.2. The summed E-state index contributed by atoms with van der Waals surface area (Å²) >= 11 is 0.165. The quantitative estimate of drug-likeness (QED) is 0.691. The van der Waals surface area contributed by atoms with Crippen LogP contribution in [0.4, 0.5) is 13.2 Å². The molecule has 1 N–H and O–H groups in total. The summed E-state index contributed by atoms with van der Waals surface area (Å²) < 4.78 is 69.6. The second kappa shape index (κ2) is 6.98. The molecule has 0 amide bonds. The van der Waals surface area contributed by atoms with E-state index in [9.17, 15) is 26.4 Å². The van der Waals surface area contributed by atoms with Gasteiger partial charge in [-0.3, -0.25) is 4.79 Å². The molecule has 0 bridgehead atoms. The van der Waals surface area contributed by atoms with Crippen molar-refractivity contribution in [3.8, 4) is 0 Å². The van der Waals surface area contributed by atoms with Crippen LogP contribution in [0.1, 0.15) is 23.3 Å². The van der Waals surface area contributed by atoms with E-state index in [2.05, 4.69) is 0 Å². The van der Waals surface area contributed by atoms with E-state index in [4.69, 9.17) is 9.84 Å². The first-order valence-electron chi connectivity index (χ1n) is 7.01. The monoisotopic (exact) mass is 387 g/mol. The van der Waals surface area contributed by atoms with Gasteiger partial charge in [-0.1, -0.05) is 0 Å². The minimum atomic E-state index is -4.69. The van der Waals surface area contributed by atoms with Gasteiger partial charge in [0.05, 0.1) is 12.7 Å². The summed E-state index contributed by atoms with van der Waals surface area (Å²) in [5, 5.41) is 8.58. The van der Waals surface area contributed by atoms with Crippen LogP contribution in [0, 0.1) is 0 Å². The molecule has 24 heavy (non-hydrogen) atoms. The van der Waals surface area contributed by atoms with Crippen molar-refractivity contribution in [1.29, 1.82) is 0 Å². The fourth-order valence-corrected chi connectivity index (χ4v) is 4.92. The molecule has 1 aliphatic rings. The molecule has 6 nitrogen and oxygen atoms in total. The number of alkyl halides is 3. The molecule has 0 aromatic carbocycles. The molecule has 1 atom stereocenters. The number of nitrogens with zero attached hydrogens (tertiary/aromatic N) is 1. The topological polar surface area (TPSA) is 87.2 Å². The molecule has 1 aliphatic heterocycles. The summed E-state index contributed by atoms with van der Waals surface area (Å²) in [4.78, 5) is 9.50. The number of epoxide rings is 1. The summed E-state index contributed by atoms with van der Waals surface area (Å²) in [6, 6.07) is 0.995. The molecule has 2 heterocycles. The molecular formula is C13H16F3NO5S2. The number of thiophene rings is 1. The maximum absolute atomic E-state index is 13.1. The Kier molecular flexibility index (Phi) is 5.57. The lowest BCUT2D eigenvalue weighted by Gasteiger charge is -2.14. The molecule has 1 aromatic heterocycles. The second-order valence-electron chi connectivity index (χ2n) is 5.41.